The SMILES string of the molecule is CC[C@@H](C)NC(=O)c1ccc([N+](=O)[O-])cc1. The topological polar surface area (TPSA) is 72.2 Å². The Morgan fingerprint density at radius 2 is 2.00 bits per heavy atom. The maximum Gasteiger partial charge on any atom is 0.269 e. The molecule has 1 atom stereocenters. The van der Waals surface area contributed by atoms with Crippen molar-refractivity contribution in [3.8, 4) is 0 Å². The zero-order valence-electron chi connectivity index (χ0n) is 9.27. The van der Waals surface area contributed by atoms with Crippen molar-refractivity contribution in [3.63, 3.8) is 0 Å². The van der Waals surface area contributed by atoms with Gasteiger partial charge in [-0.25, -0.2) is 0 Å². The summed E-state index contributed by atoms with van der Waals surface area (Å²) in [5, 5.41) is 13.2. The highest BCUT2D eigenvalue weighted by Crippen LogP contribution is 2.11. The molecule has 5 heteroatoms. The van der Waals surface area contributed by atoms with Crippen LogP contribution in [-0.2, 0) is 0 Å². The van der Waals surface area contributed by atoms with E-state index in [-0.39, 0.29) is 17.6 Å². The number of hydrogen-bond acceptors (Lipinski definition) is 3. The van der Waals surface area contributed by atoms with Gasteiger partial charge in [-0.15, -0.1) is 0 Å². The fourth-order valence-electron chi connectivity index (χ4n) is 1.14. The summed E-state index contributed by atoms with van der Waals surface area (Å²) in [4.78, 5) is 21.5. The standard InChI is InChI=1S/C11H14N2O3/c1-3-8(2)12-11(14)9-4-6-10(7-5-9)13(15)16/h4-8H,3H2,1-2H3,(H,12,14)/t8-/m1/s1. The Labute approximate surface area is 93.6 Å². The Hall–Kier alpha value is -1.91. The van der Waals surface area contributed by atoms with Gasteiger partial charge in [-0.05, 0) is 25.5 Å². The highest BCUT2D eigenvalue weighted by molar-refractivity contribution is 5.94. The van der Waals surface area contributed by atoms with Gasteiger partial charge in [0.25, 0.3) is 11.6 Å². The number of nitrogens with zero attached hydrogens (tertiary/aromatic N) is 1. The molecule has 86 valence electrons. The molecule has 0 aliphatic carbocycles. The zero-order chi connectivity index (χ0) is 12.1. The average molecular weight is 222 g/mol. The summed E-state index contributed by atoms with van der Waals surface area (Å²) in [6.45, 7) is 3.88. The summed E-state index contributed by atoms with van der Waals surface area (Å²) in [7, 11) is 0. The molecule has 1 aromatic rings. The van der Waals surface area contributed by atoms with Gasteiger partial charge in [0, 0.05) is 23.7 Å². The van der Waals surface area contributed by atoms with Gasteiger partial charge in [-0.1, -0.05) is 6.92 Å². The van der Waals surface area contributed by atoms with E-state index >= 15 is 0 Å². The molecule has 1 rings (SSSR count). The summed E-state index contributed by atoms with van der Waals surface area (Å²) in [5.74, 6) is -0.204. The quantitative estimate of drug-likeness (QED) is 0.626. The van der Waals surface area contributed by atoms with E-state index in [1.54, 1.807) is 0 Å². The van der Waals surface area contributed by atoms with Crippen LogP contribution in [0.1, 0.15) is 30.6 Å². The highest BCUT2D eigenvalue weighted by Gasteiger charge is 2.10. The smallest absolute Gasteiger partial charge is 0.269 e. The van der Waals surface area contributed by atoms with Crippen molar-refractivity contribution in [2.24, 2.45) is 0 Å². The Morgan fingerprint density at radius 3 is 2.44 bits per heavy atom. The average Bonchev–Trinajstić information content (AvgIpc) is 2.28. The molecule has 0 bridgehead atoms. The third kappa shape index (κ3) is 3.05. The van der Waals surface area contributed by atoms with Gasteiger partial charge in [0.1, 0.15) is 0 Å². The largest absolute Gasteiger partial charge is 0.350 e. The Kier molecular flexibility index (Phi) is 3.99. The number of nitrogens with one attached hydrogen (secondary N) is 1. The minimum absolute atomic E-state index is 0.0138. The first-order chi connectivity index (χ1) is 7.54. The molecule has 1 amide bonds. The first-order valence-electron chi connectivity index (χ1n) is 5.10. The van der Waals surface area contributed by atoms with Crippen molar-refractivity contribution in [3.05, 3.63) is 39.9 Å². The summed E-state index contributed by atoms with van der Waals surface area (Å²) in [6.07, 6.45) is 0.846. The molecule has 0 fully saturated rings. The number of carbonyl (C=O) groups excluding carboxylic acids is 1. The van der Waals surface area contributed by atoms with E-state index in [4.69, 9.17) is 0 Å². The van der Waals surface area contributed by atoms with Crippen molar-refractivity contribution in [2.75, 3.05) is 0 Å². The Bertz CT molecular complexity index is 387. The van der Waals surface area contributed by atoms with Crippen LogP contribution in [-0.4, -0.2) is 16.9 Å². The lowest BCUT2D eigenvalue weighted by Crippen LogP contribution is -2.31. The molecule has 0 saturated heterocycles. The van der Waals surface area contributed by atoms with Crippen LogP contribution in [0.3, 0.4) is 0 Å². The van der Waals surface area contributed by atoms with Crippen molar-refractivity contribution in [2.45, 2.75) is 26.3 Å². The first kappa shape index (κ1) is 12.2. The molecule has 0 aromatic heterocycles. The van der Waals surface area contributed by atoms with Crippen LogP contribution < -0.4 is 5.32 Å². The van der Waals surface area contributed by atoms with Crippen LogP contribution in [0, 0.1) is 10.1 Å². The molecule has 16 heavy (non-hydrogen) atoms. The first-order valence-corrected chi connectivity index (χ1v) is 5.10. The van der Waals surface area contributed by atoms with Crippen molar-refractivity contribution >= 4 is 11.6 Å². The van der Waals surface area contributed by atoms with Crippen LogP contribution in [0.2, 0.25) is 0 Å². The number of nitro benzene ring substituents is 1. The molecule has 1 aromatic carbocycles. The molecule has 1 N–H and O–H groups in total. The lowest BCUT2D eigenvalue weighted by atomic mass is 10.1. The van der Waals surface area contributed by atoms with Crippen LogP contribution in [0.4, 0.5) is 5.69 Å². The van der Waals surface area contributed by atoms with E-state index in [1.165, 1.54) is 24.3 Å². The molecule has 0 aliphatic heterocycles. The number of amides is 1. The Balaban J connectivity index is 2.74. The van der Waals surface area contributed by atoms with Gasteiger partial charge in [0.2, 0.25) is 0 Å². The normalized spacial score (nSPS) is 11.9. The van der Waals surface area contributed by atoms with Gasteiger partial charge in [-0.2, -0.15) is 0 Å². The molecule has 0 unspecified atom stereocenters. The van der Waals surface area contributed by atoms with Crippen LogP contribution in [0.15, 0.2) is 24.3 Å². The Morgan fingerprint density at radius 1 is 1.44 bits per heavy atom. The fourth-order valence-corrected chi connectivity index (χ4v) is 1.14. The van der Waals surface area contributed by atoms with E-state index in [0.717, 1.165) is 6.42 Å². The molecule has 0 aliphatic rings. The van der Waals surface area contributed by atoms with Crippen LogP contribution in [0.5, 0.6) is 0 Å². The third-order valence-electron chi connectivity index (χ3n) is 2.33. The number of nitro groups is 1. The van der Waals surface area contributed by atoms with Crippen LogP contribution in [0.25, 0.3) is 0 Å². The van der Waals surface area contributed by atoms with Gasteiger partial charge in [0.15, 0.2) is 0 Å². The second-order valence-corrected chi connectivity index (χ2v) is 3.59. The summed E-state index contributed by atoms with van der Waals surface area (Å²) in [6, 6.07) is 5.66. The maximum absolute atomic E-state index is 11.6. The predicted molar refractivity (Wildman–Crippen MR) is 60.3 cm³/mol. The lowest BCUT2D eigenvalue weighted by molar-refractivity contribution is -0.384. The number of rotatable bonds is 4. The highest BCUT2D eigenvalue weighted by atomic mass is 16.6. The maximum atomic E-state index is 11.6. The molecular formula is C11H14N2O3. The molecule has 0 saturated carbocycles. The van der Waals surface area contributed by atoms with E-state index < -0.39 is 4.92 Å². The van der Waals surface area contributed by atoms with Gasteiger partial charge in [-0.3, -0.25) is 14.9 Å². The van der Waals surface area contributed by atoms with Gasteiger partial charge in [0.05, 0.1) is 4.92 Å². The van der Waals surface area contributed by atoms with E-state index in [2.05, 4.69) is 5.32 Å². The van der Waals surface area contributed by atoms with E-state index in [1.807, 2.05) is 13.8 Å². The van der Waals surface area contributed by atoms with E-state index in [0.29, 0.717) is 5.56 Å². The van der Waals surface area contributed by atoms with Crippen molar-refractivity contribution in [1.29, 1.82) is 0 Å². The minimum atomic E-state index is -0.490. The van der Waals surface area contributed by atoms with Crippen molar-refractivity contribution < 1.29 is 9.72 Å². The molecule has 0 radical (unpaired) electrons. The fraction of sp³-hybridized carbons (Fsp3) is 0.364. The number of carbonyl (C=O) groups is 1. The summed E-state index contributed by atoms with van der Waals surface area (Å²) in [5.41, 5.74) is 0.422. The number of hydrogen-bond donors (Lipinski definition) is 1. The predicted octanol–water partition coefficient (Wildman–Crippen LogP) is 2.12. The van der Waals surface area contributed by atoms with Gasteiger partial charge >= 0.3 is 0 Å². The zero-order valence-corrected chi connectivity index (χ0v) is 9.27. The van der Waals surface area contributed by atoms with Gasteiger partial charge < -0.3 is 5.32 Å². The second kappa shape index (κ2) is 5.25. The molecule has 0 heterocycles. The molecular weight excluding hydrogens is 208 g/mol. The summed E-state index contributed by atoms with van der Waals surface area (Å²) >= 11 is 0. The molecule has 0 spiro atoms. The molecule has 5 nitrogen and oxygen atoms in total. The number of non-ortho nitro benzene ring substituents is 1. The minimum Gasteiger partial charge on any atom is -0.350 e. The number of benzene rings is 1. The van der Waals surface area contributed by atoms with Crippen LogP contribution >= 0.6 is 0 Å². The third-order valence-corrected chi connectivity index (χ3v) is 2.33. The second-order valence-electron chi connectivity index (χ2n) is 3.59. The van der Waals surface area contributed by atoms with E-state index in [9.17, 15) is 14.9 Å². The van der Waals surface area contributed by atoms with Crippen molar-refractivity contribution in [1.82, 2.24) is 5.32 Å². The summed E-state index contributed by atoms with van der Waals surface area (Å²) < 4.78 is 0. The lowest BCUT2D eigenvalue weighted by Gasteiger charge is -2.10. The monoisotopic (exact) mass is 222 g/mol.